The lowest BCUT2D eigenvalue weighted by Gasteiger charge is -2.46. The maximum atomic E-state index is 12.0. The van der Waals surface area contributed by atoms with Crippen LogP contribution in [0, 0.1) is 12.3 Å². The Labute approximate surface area is 116 Å². The molecule has 3 atom stereocenters. The van der Waals surface area contributed by atoms with Crippen molar-refractivity contribution in [3.8, 4) is 12.3 Å². The highest BCUT2D eigenvalue weighted by molar-refractivity contribution is 8.01. The van der Waals surface area contributed by atoms with E-state index < -0.39 is 33.6 Å². The van der Waals surface area contributed by atoms with Gasteiger partial charge in [-0.2, -0.15) is 0 Å². The van der Waals surface area contributed by atoms with E-state index in [1.54, 1.807) is 0 Å². The predicted molar refractivity (Wildman–Crippen MR) is 71.0 cm³/mol. The number of carbonyl (C=O) groups is 2. The van der Waals surface area contributed by atoms with Crippen molar-refractivity contribution in [1.82, 2.24) is 4.90 Å². The molecule has 0 unspecified atom stereocenters. The molecule has 102 valence electrons. The van der Waals surface area contributed by atoms with Crippen molar-refractivity contribution in [2.45, 2.75) is 35.6 Å². The summed E-state index contributed by atoms with van der Waals surface area (Å²) >= 11 is 1.31. The Balaban J connectivity index is 2.26. The van der Waals surface area contributed by atoms with Crippen LogP contribution in [0.1, 0.15) is 13.8 Å². The second kappa shape index (κ2) is 4.29. The molecule has 0 bridgehead atoms. The molecule has 1 amide bonds. The molecule has 1 N–H and O–H groups in total. The summed E-state index contributed by atoms with van der Waals surface area (Å²) in [5.41, 5.74) is -1.81. The van der Waals surface area contributed by atoms with Crippen LogP contribution in [0.5, 0.6) is 0 Å². The van der Waals surface area contributed by atoms with Gasteiger partial charge in [0.15, 0.2) is 0 Å². The van der Waals surface area contributed by atoms with Crippen LogP contribution in [0.25, 0.3) is 0 Å². The number of esters is 1. The van der Waals surface area contributed by atoms with Gasteiger partial charge in [-0.25, -0.2) is 4.79 Å². The third-order valence-electron chi connectivity index (χ3n) is 3.31. The summed E-state index contributed by atoms with van der Waals surface area (Å²) < 4.78 is 4.45. The lowest BCUT2D eigenvalue weighted by molar-refractivity contribution is -0.180. The SMILES string of the molecule is C#C[C@@]1(O)C(=O)N2[C@@H](C(=O)OCC=C)C(C)(C)S[C@@H]21. The Morgan fingerprint density at radius 1 is 1.74 bits per heavy atom. The average Bonchev–Trinajstić information content (AvgIpc) is 2.64. The molecule has 6 heteroatoms. The fourth-order valence-electron chi connectivity index (χ4n) is 2.38. The largest absolute Gasteiger partial charge is 0.460 e. The number of amides is 1. The van der Waals surface area contributed by atoms with E-state index in [1.807, 2.05) is 13.8 Å². The minimum atomic E-state index is -1.81. The van der Waals surface area contributed by atoms with Gasteiger partial charge in [0, 0.05) is 4.75 Å². The molecule has 2 saturated heterocycles. The number of ether oxygens (including phenoxy) is 1. The highest BCUT2D eigenvalue weighted by Crippen LogP contribution is 2.54. The van der Waals surface area contributed by atoms with Gasteiger partial charge in [0.1, 0.15) is 18.0 Å². The van der Waals surface area contributed by atoms with E-state index >= 15 is 0 Å². The topological polar surface area (TPSA) is 66.8 Å². The summed E-state index contributed by atoms with van der Waals surface area (Å²) in [6, 6.07) is -0.747. The zero-order valence-corrected chi connectivity index (χ0v) is 11.6. The van der Waals surface area contributed by atoms with Crippen LogP contribution in [0.4, 0.5) is 0 Å². The molecular formula is C13H15NO4S. The van der Waals surface area contributed by atoms with Crippen LogP contribution in [0.2, 0.25) is 0 Å². The monoisotopic (exact) mass is 281 g/mol. The van der Waals surface area contributed by atoms with E-state index in [0.717, 1.165) is 0 Å². The number of nitrogens with zero attached hydrogens (tertiary/aromatic N) is 1. The van der Waals surface area contributed by atoms with E-state index in [0.29, 0.717) is 0 Å². The zero-order valence-electron chi connectivity index (χ0n) is 10.8. The van der Waals surface area contributed by atoms with Gasteiger partial charge in [-0.3, -0.25) is 4.79 Å². The molecule has 0 aromatic heterocycles. The first kappa shape index (κ1) is 14.0. The average molecular weight is 281 g/mol. The molecule has 0 saturated carbocycles. The van der Waals surface area contributed by atoms with Crippen molar-refractivity contribution in [3.63, 3.8) is 0 Å². The van der Waals surface area contributed by atoms with Crippen LogP contribution in [0.3, 0.4) is 0 Å². The Morgan fingerprint density at radius 3 is 2.89 bits per heavy atom. The number of β-lactam (4-membered cyclic amide) rings is 1. The molecule has 2 rings (SSSR count). The maximum absolute atomic E-state index is 12.0. The molecule has 5 nitrogen and oxygen atoms in total. The van der Waals surface area contributed by atoms with Crippen LogP contribution in [-0.4, -0.2) is 50.3 Å². The number of terminal acetylenes is 1. The third kappa shape index (κ3) is 1.77. The van der Waals surface area contributed by atoms with Crippen LogP contribution >= 0.6 is 11.8 Å². The number of thioether (sulfide) groups is 1. The summed E-state index contributed by atoms with van der Waals surface area (Å²) in [4.78, 5) is 25.3. The summed E-state index contributed by atoms with van der Waals surface area (Å²) in [7, 11) is 0. The molecule has 2 aliphatic heterocycles. The van der Waals surface area contributed by atoms with Crippen molar-refractivity contribution in [2.24, 2.45) is 0 Å². The minimum absolute atomic E-state index is 0.0855. The minimum Gasteiger partial charge on any atom is -0.460 e. The summed E-state index contributed by atoms with van der Waals surface area (Å²) in [6.45, 7) is 7.19. The van der Waals surface area contributed by atoms with E-state index in [9.17, 15) is 14.7 Å². The van der Waals surface area contributed by atoms with Gasteiger partial charge in [0.05, 0.1) is 0 Å². The fraction of sp³-hybridized carbons (Fsp3) is 0.538. The molecule has 2 aliphatic rings. The number of fused-ring (bicyclic) bond motifs is 1. The van der Waals surface area contributed by atoms with Crippen molar-refractivity contribution in [1.29, 1.82) is 0 Å². The first-order valence-corrected chi connectivity index (χ1v) is 6.66. The van der Waals surface area contributed by atoms with E-state index in [4.69, 9.17) is 11.2 Å². The highest BCUT2D eigenvalue weighted by atomic mass is 32.2. The standard InChI is InChI=1S/C13H15NO4S/c1-5-7-18-9(15)8-12(3,4)19-11-13(17,6-2)10(16)14(8)11/h2,5,8,11,17H,1,7H2,3-4H3/t8-,11+,13+/m0/s1. The lowest BCUT2D eigenvalue weighted by Crippen LogP contribution is -2.73. The molecule has 0 aliphatic carbocycles. The Kier molecular flexibility index (Phi) is 3.15. The second-order valence-electron chi connectivity index (χ2n) is 5.02. The highest BCUT2D eigenvalue weighted by Gasteiger charge is 2.71. The van der Waals surface area contributed by atoms with Gasteiger partial charge in [-0.1, -0.05) is 18.6 Å². The number of aliphatic hydroxyl groups is 1. The third-order valence-corrected chi connectivity index (χ3v) is 4.93. The van der Waals surface area contributed by atoms with Crippen LogP contribution in [-0.2, 0) is 14.3 Å². The number of hydrogen-bond acceptors (Lipinski definition) is 5. The summed E-state index contributed by atoms with van der Waals surface area (Å²) in [5, 5.41) is 9.45. The van der Waals surface area contributed by atoms with Crippen molar-refractivity contribution in [2.75, 3.05) is 6.61 Å². The normalized spacial score (nSPS) is 35.1. The Hall–Kier alpha value is -1.45. The van der Waals surface area contributed by atoms with E-state index in [-0.39, 0.29) is 6.61 Å². The molecule has 0 spiro atoms. The van der Waals surface area contributed by atoms with Gasteiger partial charge in [-0.15, -0.1) is 18.2 Å². The van der Waals surface area contributed by atoms with Gasteiger partial charge in [-0.05, 0) is 13.8 Å². The first-order chi connectivity index (χ1) is 8.79. The Morgan fingerprint density at radius 2 is 2.37 bits per heavy atom. The van der Waals surface area contributed by atoms with Crippen molar-refractivity contribution in [3.05, 3.63) is 12.7 Å². The van der Waals surface area contributed by atoms with Crippen LogP contribution < -0.4 is 0 Å². The molecule has 0 aromatic rings. The number of hydrogen-bond donors (Lipinski definition) is 1. The quantitative estimate of drug-likeness (QED) is 0.345. The summed E-state index contributed by atoms with van der Waals surface area (Å²) in [6.07, 6.45) is 6.67. The molecular weight excluding hydrogens is 266 g/mol. The molecule has 0 radical (unpaired) electrons. The van der Waals surface area contributed by atoms with Gasteiger partial charge < -0.3 is 14.7 Å². The van der Waals surface area contributed by atoms with Crippen molar-refractivity contribution < 1.29 is 19.4 Å². The van der Waals surface area contributed by atoms with Gasteiger partial charge in [0.25, 0.3) is 5.91 Å². The molecule has 0 aromatic carbocycles. The van der Waals surface area contributed by atoms with E-state index in [2.05, 4.69) is 12.5 Å². The van der Waals surface area contributed by atoms with E-state index in [1.165, 1.54) is 22.7 Å². The number of carbonyl (C=O) groups excluding carboxylic acids is 2. The fourth-order valence-corrected chi connectivity index (χ4v) is 3.96. The summed E-state index contributed by atoms with van der Waals surface area (Å²) in [5.74, 6) is 0.995. The predicted octanol–water partition coefficient (Wildman–Crippen LogP) is 0.142. The molecule has 2 heterocycles. The zero-order chi connectivity index (χ0) is 14.4. The molecule has 2 fully saturated rings. The van der Waals surface area contributed by atoms with Crippen LogP contribution in [0.15, 0.2) is 12.7 Å². The molecule has 19 heavy (non-hydrogen) atoms. The second-order valence-corrected chi connectivity index (χ2v) is 6.75. The Bertz CT molecular complexity index is 495. The van der Waals surface area contributed by atoms with Gasteiger partial charge >= 0.3 is 5.97 Å². The maximum Gasteiger partial charge on any atom is 0.330 e. The first-order valence-electron chi connectivity index (χ1n) is 5.78. The number of rotatable bonds is 3. The lowest BCUT2D eigenvalue weighted by atomic mass is 9.88. The smallest absolute Gasteiger partial charge is 0.330 e. The van der Waals surface area contributed by atoms with Gasteiger partial charge in [0.2, 0.25) is 5.60 Å². The van der Waals surface area contributed by atoms with Crippen molar-refractivity contribution >= 4 is 23.6 Å².